The van der Waals surface area contributed by atoms with Gasteiger partial charge in [0.1, 0.15) is 5.75 Å². The number of ether oxygens (including phenoxy) is 1. The number of Topliss-reactive ketones (excluding diaryl/α,β-unsaturated/α-hetero) is 1. The largest absolute Gasteiger partial charge is 0.497 e. The second-order valence-corrected chi connectivity index (χ2v) is 4.56. The van der Waals surface area contributed by atoms with Crippen molar-refractivity contribution in [3.8, 4) is 5.75 Å². The number of ketones is 1. The third kappa shape index (κ3) is 3.87. The predicted octanol–water partition coefficient (Wildman–Crippen LogP) is 3.48. The number of rotatable bonds is 5. The SMILES string of the molecule is COc1ccc(CCn2ccc(C(=O)C(F)(F)F)c2)cc1. The van der Waals surface area contributed by atoms with Gasteiger partial charge in [0.05, 0.1) is 7.11 Å². The van der Waals surface area contributed by atoms with Gasteiger partial charge in [-0.05, 0) is 30.2 Å². The number of hydrogen-bond donors (Lipinski definition) is 0. The molecule has 0 spiro atoms. The van der Waals surface area contributed by atoms with E-state index in [2.05, 4.69) is 0 Å². The minimum atomic E-state index is -4.83. The van der Waals surface area contributed by atoms with Crippen molar-refractivity contribution >= 4 is 5.78 Å². The van der Waals surface area contributed by atoms with Gasteiger partial charge < -0.3 is 9.30 Å². The van der Waals surface area contributed by atoms with Crippen LogP contribution in [-0.2, 0) is 13.0 Å². The van der Waals surface area contributed by atoms with Crippen molar-refractivity contribution in [1.82, 2.24) is 4.57 Å². The zero-order chi connectivity index (χ0) is 15.5. The molecular weight excluding hydrogens is 283 g/mol. The van der Waals surface area contributed by atoms with Crippen molar-refractivity contribution in [1.29, 1.82) is 0 Å². The summed E-state index contributed by atoms with van der Waals surface area (Å²) in [5.74, 6) is -1.07. The van der Waals surface area contributed by atoms with Gasteiger partial charge in [0.15, 0.2) is 0 Å². The number of aromatic nitrogens is 1. The molecule has 0 aliphatic heterocycles. The molecule has 0 fully saturated rings. The Kier molecular flexibility index (Phi) is 4.35. The van der Waals surface area contributed by atoms with Crippen LogP contribution in [0.5, 0.6) is 5.75 Å². The van der Waals surface area contributed by atoms with Crippen molar-refractivity contribution in [3.05, 3.63) is 53.9 Å². The van der Waals surface area contributed by atoms with Crippen LogP contribution in [0.15, 0.2) is 42.7 Å². The molecule has 6 heteroatoms. The highest BCUT2D eigenvalue weighted by Crippen LogP contribution is 2.21. The molecule has 1 heterocycles. The average Bonchev–Trinajstić information content (AvgIpc) is 2.92. The van der Waals surface area contributed by atoms with E-state index in [-0.39, 0.29) is 5.56 Å². The second kappa shape index (κ2) is 6.03. The number of halogens is 3. The molecule has 0 saturated heterocycles. The molecule has 2 rings (SSSR count). The van der Waals surface area contributed by atoms with Crippen LogP contribution in [0, 0.1) is 0 Å². The van der Waals surface area contributed by atoms with Gasteiger partial charge in [-0.1, -0.05) is 12.1 Å². The molecule has 0 radical (unpaired) electrons. The first-order chi connectivity index (χ1) is 9.90. The maximum atomic E-state index is 12.3. The minimum absolute atomic E-state index is 0.336. The number of methoxy groups -OCH3 is 1. The van der Waals surface area contributed by atoms with Gasteiger partial charge in [-0.3, -0.25) is 4.79 Å². The molecule has 3 nitrogen and oxygen atoms in total. The predicted molar refractivity (Wildman–Crippen MR) is 71.5 cm³/mol. The highest BCUT2D eigenvalue weighted by atomic mass is 19.4. The van der Waals surface area contributed by atoms with E-state index in [9.17, 15) is 18.0 Å². The highest BCUT2D eigenvalue weighted by molar-refractivity contribution is 6.00. The highest BCUT2D eigenvalue weighted by Gasteiger charge is 2.39. The van der Waals surface area contributed by atoms with E-state index in [1.807, 2.05) is 24.3 Å². The Hall–Kier alpha value is -2.24. The fraction of sp³-hybridized carbons (Fsp3) is 0.267. The van der Waals surface area contributed by atoms with Crippen LogP contribution in [0.1, 0.15) is 15.9 Å². The number of carbonyl (C=O) groups is 1. The van der Waals surface area contributed by atoms with Crippen molar-refractivity contribution in [2.24, 2.45) is 0 Å². The maximum absolute atomic E-state index is 12.3. The summed E-state index contributed by atoms with van der Waals surface area (Å²) in [6, 6.07) is 8.62. The van der Waals surface area contributed by atoms with Crippen molar-refractivity contribution in [2.45, 2.75) is 19.1 Å². The van der Waals surface area contributed by atoms with Gasteiger partial charge in [0.2, 0.25) is 0 Å². The Bertz CT molecular complexity index is 615. The first-order valence-electron chi connectivity index (χ1n) is 6.30. The lowest BCUT2D eigenvalue weighted by Gasteiger charge is -2.05. The van der Waals surface area contributed by atoms with E-state index in [0.717, 1.165) is 11.3 Å². The van der Waals surface area contributed by atoms with Gasteiger partial charge in [0.25, 0.3) is 5.78 Å². The Balaban J connectivity index is 1.98. The van der Waals surface area contributed by atoms with E-state index in [1.165, 1.54) is 18.5 Å². The molecule has 0 unspecified atom stereocenters. The lowest BCUT2D eigenvalue weighted by molar-refractivity contribution is -0.0885. The maximum Gasteiger partial charge on any atom is 0.454 e. The van der Waals surface area contributed by atoms with Gasteiger partial charge in [-0.2, -0.15) is 13.2 Å². The summed E-state index contributed by atoms with van der Waals surface area (Å²) in [6.07, 6.45) is -1.48. The topological polar surface area (TPSA) is 31.2 Å². The Morgan fingerprint density at radius 3 is 2.43 bits per heavy atom. The molecule has 0 amide bonds. The summed E-state index contributed by atoms with van der Waals surface area (Å²) in [6.45, 7) is 0.497. The van der Waals surface area contributed by atoms with Crippen LogP contribution in [-0.4, -0.2) is 23.6 Å². The van der Waals surface area contributed by atoms with Crippen LogP contribution in [0.2, 0.25) is 0 Å². The summed E-state index contributed by atoms with van der Waals surface area (Å²) < 4.78 is 43.5. The molecule has 1 aromatic carbocycles. The third-order valence-electron chi connectivity index (χ3n) is 3.09. The van der Waals surface area contributed by atoms with E-state index < -0.39 is 12.0 Å². The molecule has 0 N–H and O–H groups in total. The van der Waals surface area contributed by atoms with Crippen LogP contribution >= 0.6 is 0 Å². The summed E-state index contributed by atoms with van der Waals surface area (Å²) in [4.78, 5) is 11.1. The molecule has 0 bridgehead atoms. The fourth-order valence-corrected chi connectivity index (χ4v) is 1.93. The normalized spacial score (nSPS) is 11.4. The first kappa shape index (κ1) is 15.2. The van der Waals surface area contributed by atoms with Gasteiger partial charge in [-0.25, -0.2) is 0 Å². The van der Waals surface area contributed by atoms with Gasteiger partial charge in [0, 0.05) is 24.5 Å². The van der Waals surface area contributed by atoms with Crippen molar-refractivity contribution in [2.75, 3.05) is 7.11 Å². The zero-order valence-electron chi connectivity index (χ0n) is 11.4. The molecule has 0 aliphatic rings. The molecule has 21 heavy (non-hydrogen) atoms. The molecule has 0 atom stereocenters. The van der Waals surface area contributed by atoms with Gasteiger partial charge >= 0.3 is 6.18 Å². The Morgan fingerprint density at radius 1 is 1.19 bits per heavy atom. The molecule has 2 aromatic rings. The molecule has 0 saturated carbocycles. The van der Waals surface area contributed by atoms with E-state index in [4.69, 9.17) is 4.74 Å². The third-order valence-corrected chi connectivity index (χ3v) is 3.09. The van der Waals surface area contributed by atoms with E-state index in [1.54, 1.807) is 11.7 Å². The molecular formula is C15H14F3NO2. The summed E-state index contributed by atoms with van der Waals surface area (Å²) in [7, 11) is 1.58. The van der Waals surface area contributed by atoms with Crippen molar-refractivity contribution in [3.63, 3.8) is 0 Å². The summed E-state index contributed by atoms with van der Waals surface area (Å²) in [5.41, 5.74) is 0.699. The molecule has 0 aliphatic carbocycles. The number of hydrogen-bond acceptors (Lipinski definition) is 2. The summed E-state index contributed by atoms with van der Waals surface area (Å²) in [5, 5.41) is 0. The quantitative estimate of drug-likeness (QED) is 0.791. The average molecular weight is 297 g/mol. The lowest BCUT2D eigenvalue weighted by atomic mass is 10.1. The molecule has 112 valence electrons. The fourth-order valence-electron chi connectivity index (χ4n) is 1.93. The van der Waals surface area contributed by atoms with E-state index >= 15 is 0 Å². The standard InChI is InChI=1S/C15H14F3NO2/c1-21-13-4-2-11(3-5-13)6-8-19-9-7-12(10-19)14(20)15(16,17)18/h2-5,7,9-10H,6,8H2,1H3. The smallest absolute Gasteiger partial charge is 0.454 e. The number of aryl methyl sites for hydroxylation is 2. The number of alkyl halides is 3. The Morgan fingerprint density at radius 2 is 1.86 bits per heavy atom. The van der Waals surface area contributed by atoms with Gasteiger partial charge in [-0.15, -0.1) is 0 Å². The monoisotopic (exact) mass is 297 g/mol. The summed E-state index contributed by atoms with van der Waals surface area (Å²) >= 11 is 0. The van der Waals surface area contributed by atoms with Crippen LogP contribution < -0.4 is 4.74 Å². The lowest BCUT2D eigenvalue weighted by Crippen LogP contribution is -2.22. The second-order valence-electron chi connectivity index (χ2n) is 4.56. The Labute approximate surface area is 120 Å². The number of carbonyl (C=O) groups excluding carboxylic acids is 1. The number of nitrogens with zero attached hydrogens (tertiary/aromatic N) is 1. The van der Waals surface area contributed by atoms with E-state index in [0.29, 0.717) is 13.0 Å². The van der Waals surface area contributed by atoms with Crippen LogP contribution in [0.25, 0.3) is 0 Å². The minimum Gasteiger partial charge on any atom is -0.497 e. The van der Waals surface area contributed by atoms with Crippen LogP contribution in [0.3, 0.4) is 0 Å². The van der Waals surface area contributed by atoms with Crippen molar-refractivity contribution < 1.29 is 22.7 Å². The molecule has 1 aromatic heterocycles. The van der Waals surface area contributed by atoms with Crippen LogP contribution in [0.4, 0.5) is 13.2 Å². The first-order valence-corrected chi connectivity index (χ1v) is 6.30. The zero-order valence-corrected chi connectivity index (χ0v) is 11.4. The number of benzene rings is 1.